The van der Waals surface area contributed by atoms with Crippen molar-refractivity contribution in [3.8, 4) is 5.75 Å². The Balaban J connectivity index is 0.00000420. The number of benzene rings is 2. The molecule has 1 amide bonds. The number of hydrogen-bond acceptors (Lipinski definition) is 3. The number of ether oxygens (including phenoxy) is 1. The summed E-state index contributed by atoms with van der Waals surface area (Å²) in [6.07, 6.45) is 0.780. The second-order valence-corrected chi connectivity index (χ2v) is 6.29. The molecule has 0 aliphatic rings. The van der Waals surface area contributed by atoms with Gasteiger partial charge in [-0.05, 0) is 37.6 Å². The first-order valence-electron chi connectivity index (χ1n) is 9.71. The van der Waals surface area contributed by atoms with E-state index in [4.69, 9.17) is 4.74 Å². The summed E-state index contributed by atoms with van der Waals surface area (Å²) in [4.78, 5) is 18.7. The van der Waals surface area contributed by atoms with E-state index >= 15 is 0 Å². The third-order valence-electron chi connectivity index (χ3n) is 4.05. The lowest BCUT2D eigenvalue weighted by Gasteiger charge is -2.22. The van der Waals surface area contributed by atoms with Crippen LogP contribution in [0.3, 0.4) is 0 Å². The lowest BCUT2D eigenvalue weighted by Crippen LogP contribution is -2.41. The Bertz CT molecular complexity index is 726. The van der Waals surface area contributed by atoms with Gasteiger partial charge in [-0.1, -0.05) is 36.4 Å². The molecule has 0 aliphatic carbocycles. The van der Waals surface area contributed by atoms with Crippen LogP contribution in [0, 0.1) is 0 Å². The van der Waals surface area contributed by atoms with E-state index in [9.17, 15) is 4.79 Å². The van der Waals surface area contributed by atoms with Gasteiger partial charge in [0, 0.05) is 32.2 Å². The molecule has 2 aromatic carbocycles. The molecule has 0 fully saturated rings. The number of nitrogens with zero attached hydrogens (tertiary/aromatic N) is 2. The van der Waals surface area contributed by atoms with E-state index in [1.807, 2.05) is 74.6 Å². The van der Waals surface area contributed by atoms with E-state index in [2.05, 4.69) is 20.5 Å². The van der Waals surface area contributed by atoms with Crippen LogP contribution in [0.2, 0.25) is 0 Å². The molecule has 2 N–H and O–H groups in total. The van der Waals surface area contributed by atoms with Crippen molar-refractivity contribution in [2.24, 2.45) is 4.99 Å². The van der Waals surface area contributed by atoms with Crippen molar-refractivity contribution in [2.75, 3.05) is 39.8 Å². The van der Waals surface area contributed by atoms with E-state index in [1.165, 1.54) is 0 Å². The van der Waals surface area contributed by atoms with Crippen molar-refractivity contribution >= 4 is 35.8 Å². The fraction of sp³-hybridized carbons (Fsp3) is 0.364. The first kappa shape index (κ1) is 24.7. The highest BCUT2D eigenvalue weighted by Gasteiger charge is 2.06. The summed E-state index contributed by atoms with van der Waals surface area (Å²) in [5.41, 5.74) is 0.678. The lowest BCUT2D eigenvalue weighted by atomic mass is 10.2. The van der Waals surface area contributed by atoms with Crippen molar-refractivity contribution in [3.63, 3.8) is 0 Å². The zero-order valence-electron chi connectivity index (χ0n) is 17.1. The lowest BCUT2D eigenvalue weighted by molar-refractivity contribution is 0.0953. The normalized spacial score (nSPS) is 10.6. The third kappa shape index (κ3) is 9.65. The van der Waals surface area contributed by atoms with Crippen LogP contribution in [0.1, 0.15) is 23.7 Å². The maximum absolute atomic E-state index is 12.0. The van der Waals surface area contributed by atoms with Gasteiger partial charge in [-0.25, -0.2) is 0 Å². The van der Waals surface area contributed by atoms with Crippen molar-refractivity contribution in [1.82, 2.24) is 15.5 Å². The topological polar surface area (TPSA) is 66.0 Å². The number of rotatable bonds is 10. The molecule has 158 valence electrons. The average Bonchev–Trinajstić information content (AvgIpc) is 2.74. The molecule has 0 aromatic heterocycles. The quantitative estimate of drug-likeness (QED) is 0.223. The highest BCUT2D eigenvalue weighted by Crippen LogP contribution is 2.07. The Morgan fingerprint density at radius 3 is 2.34 bits per heavy atom. The molecule has 0 aliphatic heterocycles. The van der Waals surface area contributed by atoms with E-state index in [0.717, 1.165) is 31.2 Å². The molecule has 0 heterocycles. The number of amides is 1. The second-order valence-electron chi connectivity index (χ2n) is 6.29. The van der Waals surface area contributed by atoms with Gasteiger partial charge < -0.3 is 20.3 Å². The number of para-hydroxylation sites is 1. The van der Waals surface area contributed by atoms with Gasteiger partial charge in [0.15, 0.2) is 5.96 Å². The van der Waals surface area contributed by atoms with Crippen LogP contribution in [0.25, 0.3) is 0 Å². The van der Waals surface area contributed by atoms with Gasteiger partial charge in [0.05, 0.1) is 6.54 Å². The number of nitrogens with one attached hydrogen (secondary N) is 2. The minimum Gasteiger partial charge on any atom is -0.492 e. The molecule has 0 saturated heterocycles. The molecule has 0 atom stereocenters. The van der Waals surface area contributed by atoms with Crippen molar-refractivity contribution in [3.05, 3.63) is 66.2 Å². The Morgan fingerprint density at radius 2 is 1.69 bits per heavy atom. The van der Waals surface area contributed by atoms with Crippen LogP contribution < -0.4 is 15.4 Å². The Labute approximate surface area is 190 Å². The molecule has 29 heavy (non-hydrogen) atoms. The smallest absolute Gasteiger partial charge is 0.251 e. The summed E-state index contributed by atoms with van der Waals surface area (Å²) in [6.45, 7) is 5.39. The van der Waals surface area contributed by atoms with Crippen LogP contribution >= 0.6 is 24.0 Å². The molecule has 7 heteroatoms. The summed E-state index contributed by atoms with van der Waals surface area (Å²) in [5, 5.41) is 6.21. The number of guanidine groups is 1. The minimum atomic E-state index is -0.0494. The predicted octanol–water partition coefficient (Wildman–Crippen LogP) is 3.40. The monoisotopic (exact) mass is 510 g/mol. The maximum atomic E-state index is 12.0. The second kappa shape index (κ2) is 14.7. The molecule has 0 bridgehead atoms. The van der Waals surface area contributed by atoms with Crippen molar-refractivity contribution in [2.45, 2.75) is 13.3 Å². The summed E-state index contributed by atoms with van der Waals surface area (Å²) in [6, 6.07) is 19.0. The number of hydrogen-bond donors (Lipinski definition) is 2. The first-order chi connectivity index (χ1) is 13.7. The van der Waals surface area contributed by atoms with Crippen LogP contribution in [0.15, 0.2) is 65.7 Å². The van der Waals surface area contributed by atoms with Gasteiger partial charge in [-0.2, -0.15) is 0 Å². The van der Waals surface area contributed by atoms with E-state index in [0.29, 0.717) is 25.3 Å². The SMILES string of the molecule is CCNC(=NCCCNC(=O)c1ccccc1)N(C)CCOc1ccccc1.I. The summed E-state index contributed by atoms with van der Waals surface area (Å²) in [5.74, 6) is 1.66. The van der Waals surface area contributed by atoms with Crippen LogP contribution in [-0.4, -0.2) is 56.6 Å². The molecule has 6 nitrogen and oxygen atoms in total. The van der Waals surface area contributed by atoms with E-state index < -0.39 is 0 Å². The summed E-state index contributed by atoms with van der Waals surface area (Å²) >= 11 is 0. The molecule has 0 saturated carbocycles. The minimum absolute atomic E-state index is 0. The number of carbonyl (C=O) groups excluding carboxylic acids is 1. The third-order valence-corrected chi connectivity index (χ3v) is 4.05. The molecule has 2 aromatic rings. The molecule has 0 unspecified atom stereocenters. The van der Waals surface area contributed by atoms with Crippen LogP contribution in [-0.2, 0) is 0 Å². The molecular formula is C22H31IN4O2. The number of carbonyl (C=O) groups is 1. The van der Waals surface area contributed by atoms with Gasteiger partial charge in [-0.3, -0.25) is 9.79 Å². The zero-order chi connectivity index (χ0) is 20.0. The van der Waals surface area contributed by atoms with Gasteiger partial charge in [0.1, 0.15) is 12.4 Å². The van der Waals surface area contributed by atoms with Crippen LogP contribution in [0.4, 0.5) is 0 Å². The maximum Gasteiger partial charge on any atom is 0.251 e. The van der Waals surface area contributed by atoms with Gasteiger partial charge in [0.25, 0.3) is 5.91 Å². The highest BCUT2D eigenvalue weighted by molar-refractivity contribution is 14.0. The van der Waals surface area contributed by atoms with Gasteiger partial charge in [0.2, 0.25) is 0 Å². The zero-order valence-corrected chi connectivity index (χ0v) is 19.5. The number of halogens is 1. The highest BCUT2D eigenvalue weighted by atomic mass is 127. The standard InChI is InChI=1S/C22H30N4O2.HI/c1-3-23-22(26(2)17-18-28-20-13-8-5-9-14-20)25-16-10-15-24-21(27)19-11-6-4-7-12-19;/h4-9,11-14H,3,10,15-18H2,1-2H3,(H,23,25)(H,24,27);1H. The van der Waals surface area contributed by atoms with Crippen molar-refractivity contribution in [1.29, 1.82) is 0 Å². The molecule has 2 rings (SSSR count). The number of aliphatic imine (C=N–C) groups is 1. The largest absolute Gasteiger partial charge is 0.492 e. The van der Waals surface area contributed by atoms with E-state index in [-0.39, 0.29) is 29.9 Å². The average molecular weight is 510 g/mol. The fourth-order valence-electron chi connectivity index (χ4n) is 2.55. The molecule has 0 radical (unpaired) electrons. The predicted molar refractivity (Wildman–Crippen MR) is 129 cm³/mol. The molecule has 0 spiro atoms. The van der Waals surface area contributed by atoms with Crippen LogP contribution in [0.5, 0.6) is 5.75 Å². The van der Waals surface area contributed by atoms with E-state index in [1.54, 1.807) is 0 Å². The Kier molecular flexibility index (Phi) is 12.5. The fourth-order valence-corrected chi connectivity index (χ4v) is 2.55. The Morgan fingerprint density at radius 1 is 1.03 bits per heavy atom. The van der Waals surface area contributed by atoms with Crippen molar-refractivity contribution < 1.29 is 9.53 Å². The Hall–Kier alpha value is -2.29. The first-order valence-corrected chi connectivity index (χ1v) is 9.71. The van der Waals surface area contributed by atoms with Gasteiger partial charge in [-0.15, -0.1) is 24.0 Å². The summed E-state index contributed by atoms with van der Waals surface area (Å²) < 4.78 is 5.74. The summed E-state index contributed by atoms with van der Waals surface area (Å²) in [7, 11) is 1.99. The van der Waals surface area contributed by atoms with Gasteiger partial charge >= 0.3 is 0 Å². The number of likely N-dealkylation sites (N-methyl/N-ethyl adjacent to an activating group) is 1. The molecular weight excluding hydrogens is 479 g/mol.